The van der Waals surface area contributed by atoms with Crippen LogP contribution in [-0.4, -0.2) is 31.6 Å². The SMILES string of the molecule is CC(C)C(CN(C)C)NC(c1cccs1)c1ccc(Cl)s1. The van der Waals surface area contributed by atoms with Gasteiger partial charge in [0.15, 0.2) is 0 Å². The van der Waals surface area contributed by atoms with E-state index in [-0.39, 0.29) is 6.04 Å². The van der Waals surface area contributed by atoms with E-state index in [0.29, 0.717) is 12.0 Å². The molecule has 2 unspecified atom stereocenters. The van der Waals surface area contributed by atoms with E-state index in [9.17, 15) is 0 Å². The van der Waals surface area contributed by atoms with Gasteiger partial charge >= 0.3 is 0 Å². The number of nitrogens with zero attached hydrogens (tertiary/aromatic N) is 1. The first-order valence-electron chi connectivity index (χ1n) is 7.16. The quantitative estimate of drug-likeness (QED) is 0.782. The molecule has 0 aromatic carbocycles. The highest BCUT2D eigenvalue weighted by atomic mass is 35.5. The first-order valence-corrected chi connectivity index (χ1v) is 9.24. The second-order valence-electron chi connectivity index (χ2n) is 5.87. The van der Waals surface area contributed by atoms with Crippen LogP contribution in [0.5, 0.6) is 0 Å². The van der Waals surface area contributed by atoms with Crippen LogP contribution < -0.4 is 5.32 Å². The summed E-state index contributed by atoms with van der Waals surface area (Å²) < 4.78 is 0.849. The smallest absolute Gasteiger partial charge is 0.0931 e. The van der Waals surface area contributed by atoms with Crippen LogP contribution in [0.3, 0.4) is 0 Å². The summed E-state index contributed by atoms with van der Waals surface area (Å²) >= 11 is 9.59. The van der Waals surface area contributed by atoms with Crippen LogP contribution in [0.4, 0.5) is 0 Å². The van der Waals surface area contributed by atoms with E-state index in [4.69, 9.17) is 11.6 Å². The van der Waals surface area contributed by atoms with E-state index >= 15 is 0 Å². The fourth-order valence-corrected chi connectivity index (χ4v) is 4.32. The van der Waals surface area contributed by atoms with E-state index in [1.54, 1.807) is 22.7 Å². The van der Waals surface area contributed by atoms with Crippen molar-refractivity contribution in [2.45, 2.75) is 25.9 Å². The number of likely N-dealkylation sites (N-methyl/N-ethyl adjacent to an activating group) is 1. The van der Waals surface area contributed by atoms with Crippen molar-refractivity contribution in [2.24, 2.45) is 5.92 Å². The Hall–Kier alpha value is -0.390. The molecule has 0 aliphatic heterocycles. The predicted molar refractivity (Wildman–Crippen MR) is 95.8 cm³/mol. The summed E-state index contributed by atoms with van der Waals surface area (Å²) in [5.41, 5.74) is 0. The maximum Gasteiger partial charge on any atom is 0.0931 e. The van der Waals surface area contributed by atoms with Gasteiger partial charge in [0.25, 0.3) is 0 Å². The van der Waals surface area contributed by atoms with Crippen molar-refractivity contribution in [3.05, 3.63) is 43.7 Å². The number of nitrogens with one attached hydrogen (secondary N) is 1. The van der Waals surface area contributed by atoms with E-state index in [0.717, 1.165) is 10.9 Å². The fourth-order valence-electron chi connectivity index (χ4n) is 2.31. The van der Waals surface area contributed by atoms with Gasteiger partial charge in [0.05, 0.1) is 10.4 Å². The zero-order valence-electron chi connectivity index (χ0n) is 13.0. The lowest BCUT2D eigenvalue weighted by molar-refractivity contribution is 0.279. The third-order valence-corrected chi connectivity index (χ3v) is 5.69. The Bertz CT molecular complexity index is 534. The molecule has 2 aromatic heterocycles. The fraction of sp³-hybridized carbons (Fsp3) is 0.500. The summed E-state index contributed by atoms with van der Waals surface area (Å²) in [7, 11) is 4.25. The second kappa shape index (κ2) is 7.75. The van der Waals surface area contributed by atoms with Crippen molar-refractivity contribution in [2.75, 3.05) is 20.6 Å². The van der Waals surface area contributed by atoms with Crippen LogP contribution in [0.2, 0.25) is 4.34 Å². The van der Waals surface area contributed by atoms with Crippen LogP contribution in [0.15, 0.2) is 29.6 Å². The van der Waals surface area contributed by atoms with Crippen molar-refractivity contribution in [3.8, 4) is 0 Å². The standard InChI is InChI=1S/C16H23ClN2S2/c1-11(2)12(10-19(3)4)18-16(13-6-5-9-20-13)14-7-8-15(17)21-14/h5-9,11-12,16,18H,10H2,1-4H3. The van der Waals surface area contributed by atoms with E-state index in [2.05, 4.69) is 61.7 Å². The minimum atomic E-state index is 0.231. The highest BCUT2D eigenvalue weighted by Gasteiger charge is 2.23. The summed E-state index contributed by atoms with van der Waals surface area (Å²) in [5, 5.41) is 5.97. The third kappa shape index (κ3) is 4.80. The van der Waals surface area contributed by atoms with Gasteiger partial charge in [0, 0.05) is 22.3 Å². The Balaban J connectivity index is 2.23. The molecular formula is C16H23ClN2S2. The van der Waals surface area contributed by atoms with Crippen molar-refractivity contribution in [1.29, 1.82) is 0 Å². The lowest BCUT2D eigenvalue weighted by atomic mass is 10.0. The van der Waals surface area contributed by atoms with Crippen LogP contribution >= 0.6 is 34.3 Å². The molecule has 0 saturated heterocycles. The molecule has 0 fully saturated rings. The van der Waals surface area contributed by atoms with E-state index in [1.165, 1.54) is 9.75 Å². The van der Waals surface area contributed by atoms with Crippen molar-refractivity contribution >= 4 is 34.3 Å². The average molecular weight is 343 g/mol. The van der Waals surface area contributed by atoms with Gasteiger partial charge in [-0.3, -0.25) is 0 Å². The summed E-state index contributed by atoms with van der Waals surface area (Å²) in [4.78, 5) is 4.87. The van der Waals surface area contributed by atoms with Gasteiger partial charge in [-0.25, -0.2) is 0 Å². The monoisotopic (exact) mass is 342 g/mol. The molecule has 2 aromatic rings. The zero-order valence-corrected chi connectivity index (χ0v) is 15.4. The molecule has 5 heteroatoms. The predicted octanol–water partition coefficient (Wildman–Crippen LogP) is 4.73. The molecule has 0 amide bonds. The minimum absolute atomic E-state index is 0.231. The number of thiophene rings is 2. The van der Waals surface area contributed by atoms with Gasteiger partial charge < -0.3 is 10.2 Å². The van der Waals surface area contributed by atoms with E-state index < -0.39 is 0 Å². The lowest BCUT2D eigenvalue weighted by Crippen LogP contribution is -2.43. The second-order valence-corrected chi connectivity index (χ2v) is 8.60. The molecule has 0 aliphatic rings. The molecule has 0 saturated carbocycles. The number of halogens is 1. The van der Waals surface area contributed by atoms with Crippen LogP contribution in [-0.2, 0) is 0 Å². The Morgan fingerprint density at radius 2 is 1.95 bits per heavy atom. The lowest BCUT2D eigenvalue weighted by Gasteiger charge is -2.30. The van der Waals surface area contributed by atoms with Gasteiger partial charge in [0.1, 0.15) is 0 Å². The first kappa shape index (κ1) is 17.0. The van der Waals surface area contributed by atoms with E-state index in [1.807, 2.05) is 6.07 Å². The molecule has 0 aliphatic carbocycles. The molecule has 2 heterocycles. The number of hydrogen-bond donors (Lipinski definition) is 1. The maximum absolute atomic E-state index is 6.14. The highest BCUT2D eigenvalue weighted by molar-refractivity contribution is 7.16. The third-order valence-electron chi connectivity index (χ3n) is 3.45. The molecule has 21 heavy (non-hydrogen) atoms. The first-order chi connectivity index (χ1) is 9.97. The van der Waals surface area contributed by atoms with Crippen molar-refractivity contribution < 1.29 is 0 Å². The number of hydrogen-bond acceptors (Lipinski definition) is 4. The summed E-state index contributed by atoms with van der Waals surface area (Å²) in [6.07, 6.45) is 0. The summed E-state index contributed by atoms with van der Waals surface area (Å²) in [6, 6.07) is 9.10. The Labute approximate surface area is 140 Å². The molecule has 0 spiro atoms. The van der Waals surface area contributed by atoms with Crippen LogP contribution in [0.25, 0.3) is 0 Å². The molecule has 2 nitrogen and oxygen atoms in total. The van der Waals surface area contributed by atoms with Crippen LogP contribution in [0, 0.1) is 5.92 Å². The molecular weight excluding hydrogens is 320 g/mol. The molecule has 2 atom stereocenters. The summed E-state index contributed by atoms with van der Waals surface area (Å²) in [5.74, 6) is 0.574. The van der Waals surface area contributed by atoms with Crippen molar-refractivity contribution in [1.82, 2.24) is 10.2 Å². The van der Waals surface area contributed by atoms with Crippen molar-refractivity contribution in [3.63, 3.8) is 0 Å². The topological polar surface area (TPSA) is 15.3 Å². The van der Waals surface area contributed by atoms with Crippen LogP contribution in [0.1, 0.15) is 29.6 Å². The summed E-state index contributed by atoms with van der Waals surface area (Å²) in [6.45, 7) is 5.57. The highest BCUT2D eigenvalue weighted by Crippen LogP contribution is 2.33. The largest absolute Gasteiger partial charge is 0.308 e. The molecule has 116 valence electrons. The molecule has 2 rings (SSSR count). The number of rotatable bonds is 7. The van der Waals surface area contributed by atoms with Gasteiger partial charge in [-0.1, -0.05) is 31.5 Å². The van der Waals surface area contributed by atoms with Gasteiger partial charge in [-0.15, -0.1) is 22.7 Å². The maximum atomic E-state index is 6.14. The average Bonchev–Trinajstić information content (AvgIpc) is 3.05. The molecule has 1 N–H and O–H groups in total. The Kier molecular flexibility index (Phi) is 6.26. The Morgan fingerprint density at radius 3 is 2.43 bits per heavy atom. The van der Waals surface area contributed by atoms with Gasteiger partial charge in [-0.2, -0.15) is 0 Å². The zero-order chi connectivity index (χ0) is 15.4. The normalized spacial score (nSPS) is 14.8. The molecule has 0 radical (unpaired) electrons. The van der Waals surface area contributed by atoms with Gasteiger partial charge in [-0.05, 0) is 43.6 Å². The Morgan fingerprint density at radius 1 is 1.19 bits per heavy atom. The minimum Gasteiger partial charge on any atom is -0.308 e. The molecule has 0 bridgehead atoms. The van der Waals surface area contributed by atoms with Gasteiger partial charge in [0.2, 0.25) is 0 Å².